The molecule has 6 heteroatoms. The Hall–Kier alpha value is -1.36. The Balaban J connectivity index is 1.81. The number of pyridine rings is 1. The highest BCUT2D eigenvalue weighted by molar-refractivity contribution is 6.33. The molecular weight excluding hydrogens is 278 g/mol. The van der Waals surface area contributed by atoms with Crippen molar-refractivity contribution in [1.82, 2.24) is 4.98 Å². The smallest absolute Gasteiger partial charge is 0.289 e. The molecule has 0 unspecified atom stereocenters. The van der Waals surface area contributed by atoms with Crippen molar-refractivity contribution in [3.63, 3.8) is 0 Å². The monoisotopic (exact) mass is 297 g/mol. The summed E-state index contributed by atoms with van der Waals surface area (Å²) in [7, 11) is 0. The fourth-order valence-electron chi connectivity index (χ4n) is 2.67. The lowest BCUT2D eigenvalue weighted by Crippen LogP contribution is -2.16. The normalized spacial score (nSPS) is 22.5. The number of aromatic nitrogens is 1. The van der Waals surface area contributed by atoms with E-state index < -0.39 is 4.92 Å². The van der Waals surface area contributed by atoms with Gasteiger partial charge in [0, 0.05) is 12.6 Å². The van der Waals surface area contributed by atoms with Crippen molar-refractivity contribution in [2.45, 2.75) is 39.0 Å². The van der Waals surface area contributed by atoms with Crippen molar-refractivity contribution in [2.75, 3.05) is 11.9 Å². The second-order valence-electron chi connectivity index (χ2n) is 5.62. The molecule has 0 aliphatic heterocycles. The largest absolute Gasteiger partial charge is 0.369 e. The van der Waals surface area contributed by atoms with Crippen LogP contribution in [-0.4, -0.2) is 16.5 Å². The molecule has 1 aliphatic carbocycles. The van der Waals surface area contributed by atoms with Crippen molar-refractivity contribution in [3.05, 3.63) is 27.4 Å². The number of nitro groups is 1. The van der Waals surface area contributed by atoms with Gasteiger partial charge in [-0.3, -0.25) is 10.1 Å². The molecule has 110 valence electrons. The lowest BCUT2D eigenvalue weighted by molar-refractivity contribution is -0.385. The van der Waals surface area contributed by atoms with Crippen molar-refractivity contribution in [2.24, 2.45) is 11.8 Å². The van der Waals surface area contributed by atoms with Crippen LogP contribution in [-0.2, 0) is 0 Å². The Bertz CT molecular complexity index is 473. The maximum absolute atomic E-state index is 10.6. The van der Waals surface area contributed by atoms with E-state index in [0.717, 1.165) is 24.8 Å². The van der Waals surface area contributed by atoms with Gasteiger partial charge in [-0.15, -0.1) is 0 Å². The fraction of sp³-hybridized carbons (Fsp3) is 0.643. The average molecular weight is 298 g/mol. The minimum atomic E-state index is -0.494. The van der Waals surface area contributed by atoms with Crippen LogP contribution < -0.4 is 5.32 Å². The molecule has 5 nitrogen and oxygen atoms in total. The van der Waals surface area contributed by atoms with Gasteiger partial charge >= 0.3 is 0 Å². The molecule has 0 amide bonds. The summed E-state index contributed by atoms with van der Waals surface area (Å²) in [6.45, 7) is 3.12. The number of nitrogens with zero attached hydrogens (tertiary/aromatic N) is 2. The molecule has 0 saturated heterocycles. The summed E-state index contributed by atoms with van der Waals surface area (Å²) in [4.78, 5) is 14.1. The minimum Gasteiger partial charge on any atom is -0.369 e. The zero-order valence-corrected chi connectivity index (χ0v) is 12.4. The van der Waals surface area contributed by atoms with Crippen LogP contribution in [0, 0.1) is 22.0 Å². The van der Waals surface area contributed by atoms with E-state index in [2.05, 4.69) is 17.2 Å². The Labute approximate surface area is 123 Å². The van der Waals surface area contributed by atoms with Gasteiger partial charge in [0.15, 0.2) is 0 Å². The first kappa shape index (κ1) is 15.0. The predicted octanol–water partition coefficient (Wildman–Crippen LogP) is 4.27. The van der Waals surface area contributed by atoms with E-state index >= 15 is 0 Å². The highest BCUT2D eigenvalue weighted by Gasteiger charge is 2.18. The van der Waals surface area contributed by atoms with E-state index in [1.54, 1.807) is 0 Å². The minimum absolute atomic E-state index is 0.0816. The van der Waals surface area contributed by atoms with Crippen LogP contribution >= 0.6 is 11.6 Å². The van der Waals surface area contributed by atoms with Gasteiger partial charge in [-0.2, -0.15) is 0 Å². The van der Waals surface area contributed by atoms with Crippen LogP contribution in [0.25, 0.3) is 0 Å². The first-order chi connectivity index (χ1) is 9.56. The molecule has 20 heavy (non-hydrogen) atoms. The van der Waals surface area contributed by atoms with E-state index in [1.165, 1.54) is 37.9 Å². The van der Waals surface area contributed by atoms with Gasteiger partial charge in [-0.25, -0.2) is 4.98 Å². The van der Waals surface area contributed by atoms with Crippen LogP contribution in [0.1, 0.15) is 39.0 Å². The van der Waals surface area contributed by atoms with Gasteiger partial charge < -0.3 is 5.32 Å². The van der Waals surface area contributed by atoms with Gasteiger partial charge in [0.05, 0.1) is 9.95 Å². The SMILES string of the molecule is CC1CCC(CCNc2ncc([N+](=O)[O-])cc2Cl)CC1. The van der Waals surface area contributed by atoms with Crippen LogP contribution in [0.15, 0.2) is 12.3 Å². The van der Waals surface area contributed by atoms with Crippen molar-refractivity contribution in [3.8, 4) is 0 Å². The van der Waals surface area contributed by atoms with Crippen molar-refractivity contribution in [1.29, 1.82) is 0 Å². The van der Waals surface area contributed by atoms with E-state index in [0.29, 0.717) is 10.8 Å². The quantitative estimate of drug-likeness (QED) is 0.651. The van der Waals surface area contributed by atoms with E-state index in [1.807, 2.05) is 0 Å². The van der Waals surface area contributed by atoms with E-state index in [9.17, 15) is 10.1 Å². The van der Waals surface area contributed by atoms with Gasteiger partial charge in [-0.1, -0.05) is 44.2 Å². The molecule has 1 saturated carbocycles. The van der Waals surface area contributed by atoms with Gasteiger partial charge in [0.2, 0.25) is 0 Å². The summed E-state index contributed by atoms with van der Waals surface area (Å²) in [6.07, 6.45) is 7.56. The third kappa shape index (κ3) is 4.07. The molecule has 1 aromatic rings. The summed E-state index contributed by atoms with van der Waals surface area (Å²) >= 11 is 5.98. The van der Waals surface area contributed by atoms with Crippen LogP contribution in [0.5, 0.6) is 0 Å². The van der Waals surface area contributed by atoms with E-state index in [4.69, 9.17) is 11.6 Å². The molecule has 1 aliphatic rings. The molecule has 0 spiro atoms. The maximum atomic E-state index is 10.6. The molecule has 0 radical (unpaired) electrons. The van der Waals surface area contributed by atoms with Crippen molar-refractivity contribution < 1.29 is 4.92 Å². The molecule has 2 rings (SSSR count). The molecular formula is C14H20ClN3O2. The molecule has 0 bridgehead atoms. The maximum Gasteiger partial charge on any atom is 0.289 e. The standard InChI is InChI=1S/C14H20ClN3O2/c1-10-2-4-11(5-3-10)6-7-16-14-13(15)8-12(9-17-14)18(19)20/h8-11H,2-7H2,1H3,(H,16,17). The number of hydrogen-bond donors (Lipinski definition) is 1. The zero-order chi connectivity index (χ0) is 14.5. The summed E-state index contributed by atoms with van der Waals surface area (Å²) in [5, 5.41) is 14.1. The fourth-order valence-corrected chi connectivity index (χ4v) is 2.90. The van der Waals surface area contributed by atoms with Crippen LogP contribution in [0.2, 0.25) is 5.02 Å². The molecule has 0 atom stereocenters. The van der Waals surface area contributed by atoms with Gasteiger partial charge in [0.1, 0.15) is 12.0 Å². The molecule has 0 aromatic carbocycles. The summed E-state index contributed by atoms with van der Waals surface area (Å²) in [5.74, 6) is 2.17. The Morgan fingerprint density at radius 3 is 2.75 bits per heavy atom. The summed E-state index contributed by atoms with van der Waals surface area (Å²) in [6, 6.07) is 1.33. The highest BCUT2D eigenvalue weighted by atomic mass is 35.5. The highest BCUT2D eigenvalue weighted by Crippen LogP contribution is 2.30. The summed E-state index contributed by atoms with van der Waals surface area (Å²) in [5.41, 5.74) is -0.0816. The number of anilines is 1. The second-order valence-corrected chi connectivity index (χ2v) is 6.03. The molecule has 1 fully saturated rings. The van der Waals surface area contributed by atoms with Crippen LogP contribution in [0.4, 0.5) is 11.5 Å². The number of hydrogen-bond acceptors (Lipinski definition) is 4. The number of rotatable bonds is 5. The topological polar surface area (TPSA) is 68.1 Å². The number of nitrogens with one attached hydrogen (secondary N) is 1. The van der Waals surface area contributed by atoms with Crippen LogP contribution in [0.3, 0.4) is 0 Å². The molecule has 1 aromatic heterocycles. The number of halogens is 1. The predicted molar refractivity (Wildman–Crippen MR) is 80.1 cm³/mol. The third-order valence-electron chi connectivity index (χ3n) is 4.02. The Morgan fingerprint density at radius 2 is 2.15 bits per heavy atom. The van der Waals surface area contributed by atoms with Gasteiger partial charge in [-0.05, 0) is 18.3 Å². The Kier molecular flexibility index (Phi) is 5.17. The van der Waals surface area contributed by atoms with Gasteiger partial charge in [0.25, 0.3) is 5.69 Å². The first-order valence-corrected chi connectivity index (χ1v) is 7.48. The average Bonchev–Trinajstić information content (AvgIpc) is 2.42. The molecule has 1 N–H and O–H groups in total. The molecule has 1 heterocycles. The Morgan fingerprint density at radius 1 is 1.45 bits per heavy atom. The lowest BCUT2D eigenvalue weighted by Gasteiger charge is -2.26. The van der Waals surface area contributed by atoms with E-state index in [-0.39, 0.29) is 5.69 Å². The second kappa shape index (κ2) is 6.88. The summed E-state index contributed by atoms with van der Waals surface area (Å²) < 4.78 is 0. The van der Waals surface area contributed by atoms with Crippen molar-refractivity contribution >= 4 is 23.1 Å². The third-order valence-corrected chi connectivity index (χ3v) is 4.31. The first-order valence-electron chi connectivity index (χ1n) is 7.10. The zero-order valence-electron chi connectivity index (χ0n) is 11.6. The lowest BCUT2D eigenvalue weighted by atomic mass is 9.81.